The predicted molar refractivity (Wildman–Crippen MR) is 81.4 cm³/mol. The Hall–Kier alpha value is -1.59. The Kier molecular flexibility index (Phi) is 5.59. The Bertz CT molecular complexity index is 442. The highest BCUT2D eigenvalue weighted by atomic mass is 16.5. The smallest absolute Gasteiger partial charge is 0.258 e. The summed E-state index contributed by atoms with van der Waals surface area (Å²) >= 11 is 0. The summed E-state index contributed by atoms with van der Waals surface area (Å²) in [4.78, 5) is 14.2. The average molecular weight is 292 g/mol. The van der Waals surface area contributed by atoms with Crippen LogP contribution >= 0.6 is 0 Å². The van der Waals surface area contributed by atoms with Crippen LogP contribution in [0.25, 0.3) is 0 Å². The largest absolute Gasteiger partial charge is 0.484 e. The molecule has 1 aromatic rings. The number of morpholine rings is 1. The molecule has 1 aliphatic rings. The Morgan fingerprint density at radius 3 is 2.62 bits per heavy atom. The van der Waals surface area contributed by atoms with Crippen molar-refractivity contribution in [3.8, 4) is 5.75 Å². The molecule has 1 saturated heterocycles. The molecule has 0 unspecified atom stereocenters. The highest BCUT2D eigenvalue weighted by Gasteiger charge is 2.28. The van der Waals surface area contributed by atoms with Crippen molar-refractivity contribution >= 4 is 5.91 Å². The molecule has 21 heavy (non-hydrogen) atoms. The molecule has 1 aliphatic heterocycles. The number of carbonyl (C=O) groups excluding carboxylic acids is 1. The lowest BCUT2D eigenvalue weighted by molar-refractivity contribution is -0.123. The fourth-order valence-electron chi connectivity index (χ4n) is 2.31. The van der Waals surface area contributed by atoms with Crippen LogP contribution in [0.15, 0.2) is 30.3 Å². The predicted octanol–water partition coefficient (Wildman–Crippen LogP) is 1.29. The van der Waals surface area contributed by atoms with E-state index in [0.717, 1.165) is 26.3 Å². The van der Waals surface area contributed by atoms with Gasteiger partial charge in [0.25, 0.3) is 5.91 Å². The summed E-state index contributed by atoms with van der Waals surface area (Å²) in [5, 5.41) is 2.94. The van der Waals surface area contributed by atoms with Crippen molar-refractivity contribution in [3.05, 3.63) is 30.3 Å². The molecular formula is C16H24N2O3. The van der Waals surface area contributed by atoms with Crippen LogP contribution in [0.5, 0.6) is 5.75 Å². The van der Waals surface area contributed by atoms with Crippen LogP contribution in [0.1, 0.15) is 13.8 Å². The second-order valence-electron chi connectivity index (χ2n) is 5.79. The third-order valence-electron chi connectivity index (χ3n) is 3.70. The number of hydrogen-bond acceptors (Lipinski definition) is 4. The maximum absolute atomic E-state index is 11.9. The van der Waals surface area contributed by atoms with Crippen LogP contribution < -0.4 is 10.1 Å². The van der Waals surface area contributed by atoms with Gasteiger partial charge in [-0.25, -0.2) is 0 Å². The Morgan fingerprint density at radius 2 is 1.95 bits per heavy atom. The van der Waals surface area contributed by atoms with E-state index in [9.17, 15) is 4.79 Å². The molecule has 1 amide bonds. The minimum absolute atomic E-state index is 0.0448. The van der Waals surface area contributed by atoms with Gasteiger partial charge >= 0.3 is 0 Å². The van der Waals surface area contributed by atoms with Gasteiger partial charge in [0.2, 0.25) is 0 Å². The summed E-state index contributed by atoms with van der Waals surface area (Å²) in [5.74, 6) is 0.611. The van der Waals surface area contributed by atoms with Gasteiger partial charge in [-0.15, -0.1) is 0 Å². The lowest BCUT2D eigenvalue weighted by Crippen LogP contribution is -2.55. The van der Waals surface area contributed by atoms with Crippen molar-refractivity contribution in [1.29, 1.82) is 0 Å². The minimum atomic E-state index is -0.0970. The first-order valence-corrected chi connectivity index (χ1v) is 7.35. The third-order valence-corrected chi connectivity index (χ3v) is 3.70. The number of hydrogen-bond donors (Lipinski definition) is 1. The van der Waals surface area contributed by atoms with Crippen molar-refractivity contribution in [2.75, 3.05) is 39.5 Å². The zero-order valence-corrected chi connectivity index (χ0v) is 12.8. The van der Waals surface area contributed by atoms with Gasteiger partial charge < -0.3 is 14.8 Å². The fourth-order valence-corrected chi connectivity index (χ4v) is 2.31. The first kappa shape index (κ1) is 15.8. The molecule has 0 atom stereocenters. The Labute approximate surface area is 126 Å². The molecular weight excluding hydrogens is 268 g/mol. The van der Waals surface area contributed by atoms with E-state index >= 15 is 0 Å². The first-order chi connectivity index (χ1) is 10.1. The Morgan fingerprint density at radius 1 is 1.29 bits per heavy atom. The molecule has 1 N–H and O–H groups in total. The standard InChI is InChI=1S/C16H24N2O3/c1-16(2,18-8-10-20-11-9-18)13-17-15(19)12-21-14-6-4-3-5-7-14/h3-7H,8-13H2,1-2H3,(H,17,19). The number of ether oxygens (including phenoxy) is 2. The van der Waals surface area contributed by atoms with Gasteiger partial charge in [0, 0.05) is 25.2 Å². The number of amides is 1. The van der Waals surface area contributed by atoms with Crippen LogP contribution in [-0.4, -0.2) is 55.8 Å². The van der Waals surface area contributed by atoms with E-state index in [1.165, 1.54) is 0 Å². The van der Waals surface area contributed by atoms with Gasteiger partial charge in [-0.2, -0.15) is 0 Å². The summed E-state index contributed by atoms with van der Waals surface area (Å²) in [6, 6.07) is 9.36. The van der Waals surface area contributed by atoms with Gasteiger partial charge in [0.1, 0.15) is 5.75 Å². The first-order valence-electron chi connectivity index (χ1n) is 7.35. The quantitative estimate of drug-likeness (QED) is 0.858. The number of nitrogens with zero attached hydrogens (tertiary/aromatic N) is 1. The van der Waals surface area contributed by atoms with Crippen LogP contribution in [0.3, 0.4) is 0 Å². The highest BCUT2D eigenvalue weighted by molar-refractivity contribution is 5.77. The van der Waals surface area contributed by atoms with Crippen molar-refractivity contribution in [1.82, 2.24) is 10.2 Å². The summed E-state index contributed by atoms with van der Waals surface area (Å²) < 4.78 is 10.8. The van der Waals surface area contributed by atoms with Gasteiger partial charge in [-0.1, -0.05) is 18.2 Å². The third kappa shape index (κ3) is 5.02. The van der Waals surface area contributed by atoms with Crippen LogP contribution in [-0.2, 0) is 9.53 Å². The monoisotopic (exact) mass is 292 g/mol. The van der Waals surface area contributed by atoms with Crippen LogP contribution in [0, 0.1) is 0 Å². The molecule has 0 bridgehead atoms. The highest BCUT2D eigenvalue weighted by Crippen LogP contribution is 2.15. The normalized spacial score (nSPS) is 16.5. The van der Waals surface area contributed by atoms with E-state index < -0.39 is 0 Å². The molecule has 5 heteroatoms. The number of carbonyl (C=O) groups is 1. The maximum Gasteiger partial charge on any atom is 0.258 e. The molecule has 116 valence electrons. The second-order valence-corrected chi connectivity index (χ2v) is 5.79. The summed E-state index contributed by atoms with van der Waals surface area (Å²) in [5.41, 5.74) is -0.0772. The molecule has 0 radical (unpaired) electrons. The number of para-hydroxylation sites is 1. The summed E-state index contributed by atoms with van der Waals surface area (Å²) in [6.07, 6.45) is 0. The molecule has 1 heterocycles. The second kappa shape index (κ2) is 7.43. The fraction of sp³-hybridized carbons (Fsp3) is 0.562. The minimum Gasteiger partial charge on any atom is -0.484 e. The molecule has 5 nitrogen and oxygen atoms in total. The molecule has 0 saturated carbocycles. The van der Waals surface area contributed by atoms with Crippen molar-refractivity contribution in [2.45, 2.75) is 19.4 Å². The zero-order valence-electron chi connectivity index (χ0n) is 12.8. The average Bonchev–Trinajstić information content (AvgIpc) is 2.53. The molecule has 0 aromatic heterocycles. The topological polar surface area (TPSA) is 50.8 Å². The lowest BCUT2D eigenvalue weighted by atomic mass is 10.0. The lowest BCUT2D eigenvalue weighted by Gasteiger charge is -2.40. The van der Waals surface area contributed by atoms with E-state index in [2.05, 4.69) is 24.1 Å². The van der Waals surface area contributed by atoms with Crippen molar-refractivity contribution in [2.24, 2.45) is 0 Å². The molecule has 1 aromatic carbocycles. The van der Waals surface area contributed by atoms with E-state index in [0.29, 0.717) is 12.3 Å². The molecule has 2 rings (SSSR count). The summed E-state index contributed by atoms with van der Waals surface area (Å²) in [7, 11) is 0. The van der Waals surface area contributed by atoms with Crippen molar-refractivity contribution in [3.63, 3.8) is 0 Å². The van der Waals surface area contributed by atoms with E-state index in [4.69, 9.17) is 9.47 Å². The van der Waals surface area contributed by atoms with Gasteiger partial charge in [0.05, 0.1) is 13.2 Å². The van der Waals surface area contributed by atoms with Crippen LogP contribution in [0.2, 0.25) is 0 Å². The van der Waals surface area contributed by atoms with E-state index in [1.807, 2.05) is 30.3 Å². The van der Waals surface area contributed by atoms with Gasteiger partial charge in [-0.3, -0.25) is 9.69 Å². The van der Waals surface area contributed by atoms with E-state index in [-0.39, 0.29) is 18.1 Å². The number of benzene rings is 1. The summed E-state index contributed by atoms with van der Waals surface area (Å²) in [6.45, 7) is 8.25. The van der Waals surface area contributed by atoms with Gasteiger partial charge in [-0.05, 0) is 26.0 Å². The SMILES string of the molecule is CC(C)(CNC(=O)COc1ccccc1)N1CCOCC1. The van der Waals surface area contributed by atoms with E-state index in [1.54, 1.807) is 0 Å². The van der Waals surface area contributed by atoms with Crippen molar-refractivity contribution < 1.29 is 14.3 Å². The number of rotatable bonds is 6. The molecule has 1 fully saturated rings. The van der Waals surface area contributed by atoms with Gasteiger partial charge in [0.15, 0.2) is 6.61 Å². The maximum atomic E-state index is 11.9. The zero-order chi connectivity index (χ0) is 15.1. The number of nitrogens with one attached hydrogen (secondary N) is 1. The molecule has 0 spiro atoms. The molecule has 0 aliphatic carbocycles. The van der Waals surface area contributed by atoms with Crippen LogP contribution in [0.4, 0.5) is 0 Å². The Balaban J connectivity index is 1.72.